The van der Waals surface area contributed by atoms with E-state index in [0.29, 0.717) is 16.8 Å². The molecule has 1 aliphatic heterocycles. The lowest BCUT2D eigenvalue weighted by Gasteiger charge is -2.19. The molecule has 0 radical (unpaired) electrons. The summed E-state index contributed by atoms with van der Waals surface area (Å²) < 4.78 is 0. The van der Waals surface area contributed by atoms with Gasteiger partial charge in [-0.1, -0.05) is 48.5 Å². The van der Waals surface area contributed by atoms with E-state index in [9.17, 15) is 9.59 Å². The number of amides is 2. The molecule has 3 aromatic carbocycles. The Kier molecular flexibility index (Phi) is 2.76. The molecule has 25 heavy (non-hydrogen) atoms. The Morgan fingerprint density at radius 1 is 0.600 bits per heavy atom. The minimum atomic E-state index is -0.290. The van der Waals surface area contributed by atoms with Crippen LogP contribution in [0.2, 0.25) is 0 Å². The van der Waals surface area contributed by atoms with Crippen molar-refractivity contribution in [2.24, 2.45) is 0 Å². The molecule has 2 heterocycles. The van der Waals surface area contributed by atoms with Crippen molar-refractivity contribution in [3.63, 3.8) is 0 Å². The quantitative estimate of drug-likeness (QED) is 0.390. The van der Waals surface area contributed by atoms with Gasteiger partial charge in [-0.2, -0.15) is 0 Å². The lowest BCUT2D eigenvalue weighted by atomic mass is 10.1. The molecule has 4 aromatic rings. The van der Waals surface area contributed by atoms with E-state index in [-0.39, 0.29) is 11.8 Å². The zero-order valence-corrected chi connectivity index (χ0v) is 13.1. The van der Waals surface area contributed by atoms with Crippen molar-refractivity contribution in [3.05, 3.63) is 83.9 Å². The molecule has 0 atom stereocenters. The van der Waals surface area contributed by atoms with E-state index in [0.717, 1.165) is 21.8 Å². The molecule has 0 saturated carbocycles. The van der Waals surface area contributed by atoms with E-state index in [1.165, 1.54) is 4.90 Å². The number of rotatable bonds is 1. The van der Waals surface area contributed by atoms with E-state index >= 15 is 0 Å². The molecule has 4 heteroatoms. The molecule has 118 valence electrons. The van der Waals surface area contributed by atoms with E-state index in [2.05, 4.69) is 4.98 Å². The van der Waals surface area contributed by atoms with Crippen molar-refractivity contribution in [1.29, 1.82) is 0 Å². The number of anilines is 1. The Hall–Kier alpha value is -3.53. The number of hydrogen-bond acceptors (Lipinski definition) is 3. The number of para-hydroxylation sites is 2. The highest BCUT2D eigenvalue weighted by Gasteiger charge is 2.38. The van der Waals surface area contributed by atoms with Gasteiger partial charge in [0.15, 0.2) is 0 Å². The molecule has 0 N–H and O–H groups in total. The Balaban J connectivity index is 1.89. The fourth-order valence-electron chi connectivity index (χ4n) is 3.45. The van der Waals surface area contributed by atoms with Crippen LogP contribution in [0.5, 0.6) is 0 Å². The summed E-state index contributed by atoms with van der Waals surface area (Å²) in [5, 5.41) is 1.58. The third kappa shape index (κ3) is 1.85. The fraction of sp³-hybridized carbons (Fsp3) is 0. The summed E-state index contributed by atoms with van der Waals surface area (Å²) in [4.78, 5) is 31.9. The summed E-state index contributed by atoms with van der Waals surface area (Å²) >= 11 is 0. The second-order valence-electron chi connectivity index (χ2n) is 5.99. The predicted molar refractivity (Wildman–Crippen MR) is 96.8 cm³/mol. The maximum absolute atomic E-state index is 13.0. The van der Waals surface area contributed by atoms with E-state index in [1.54, 1.807) is 24.3 Å². The van der Waals surface area contributed by atoms with Crippen molar-refractivity contribution < 1.29 is 9.59 Å². The first-order chi connectivity index (χ1) is 12.3. The fourth-order valence-corrected chi connectivity index (χ4v) is 3.45. The summed E-state index contributed by atoms with van der Waals surface area (Å²) in [5.74, 6) is -0.579. The number of imide groups is 1. The molecular weight excluding hydrogens is 312 g/mol. The lowest BCUT2D eigenvalue weighted by Crippen LogP contribution is -2.29. The number of benzene rings is 3. The molecular formula is C21H12N2O2. The van der Waals surface area contributed by atoms with Gasteiger partial charge in [0.2, 0.25) is 0 Å². The second-order valence-corrected chi connectivity index (χ2v) is 5.99. The minimum absolute atomic E-state index is 0.290. The molecule has 0 unspecified atom stereocenters. The standard InChI is InChI=1S/C21H12N2O2/c24-20-13-7-1-2-8-14(13)21(25)23(20)19-15-9-3-5-11-17(15)22-18-12-6-4-10-16(18)19/h1-12H. The maximum Gasteiger partial charge on any atom is 0.266 e. The van der Waals surface area contributed by atoms with Gasteiger partial charge in [-0.15, -0.1) is 0 Å². The highest BCUT2D eigenvalue weighted by molar-refractivity contribution is 6.38. The Labute approximate surface area is 143 Å². The van der Waals surface area contributed by atoms with Gasteiger partial charge in [0.25, 0.3) is 11.8 Å². The summed E-state index contributed by atoms with van der Waals surface area (Å²) in [7, 11) is 0. The lowest BCUT2D eigenvalue weighted by molar-refractivity contribution is 0.0927. The molecule has 1 aromatic heterocycles. The maximum atomic E-state index is 13.0. The monoisotopic (exact) mass is 324 g/mol. The average molecular weight is 324 g/mol. The summed E-state index contributed by atoms with van der Waals surface area (Å²) in [6.07, 6.45) is 0. The Bertz CT molecular complexity index is 1110. The van der Waals surface area contributed by atoms with Crippen LogP contribution in [0.15, 0.2) is 72.8 Å². The largest absolute Gasteiger partial charge is 0.268 e. The van der Waals surface area contributed by atoms with Gasteiger partial charge in [-0.25, -0.2) is 9.88 Å². The van der Waals surface area contributed by atoms with Gasteiger partial charge in [0.05, 0.1) is 27.8 Å². The van der Waals surface area contributed by atoms with Gasteiger partial charge in [0.1, 0.15) is 0 Å². The van der Waals surface area contributed by atoms with E-state index in [4.69, 9.17) is 0 Å². The Morgan fingerprint density at radius 3 is 1.56 bits per heavy atom. The molecule has 5 rings (SSSR count). The number of carbonyl (C=O) groups is 2. The number of fused-ring (bicyclic) bond motifs is 3. The zero-order chi connectivity index (χ0) is 17.0. The minimum Gasteiger partial charge on any atom is -0.268 e. The second kappa shape index (κ2) is 4.98. The molecule has 0 bridgehead atoms. The predicted octanol–water partition coefficient (Wildman–Crippen LogP) is 4.19. The molecule has 0 spiro atoms. The van der Waals surface area contributed by atoms with Crippen molar-refractivity contribution >= 4 is 39.3 Å². The number of carbonyl (C=O) groups excluding carboxylic acids is 2. The third-order valence-electron chi connectivity index (χ3n) is 4.58. The first-order valence-corrected chi connectivity index (χ1v) is 8.01. The van der Waals surface area contributed by atoms with Crippen LogP contribution in [0.3, 0.4) is 0 Å². The highest BCUT2D eigenvalue weighted by Crippen LogP contribution is 2.38. The van der Waals surface area contributed by atoms with Gasteiger partial charge in [0, 0.05) is 10.8 Å². The zero-order valence-electron chi connectivity index (χ0n) is 13.1. The molecule has 0 saturated heterocycles. The van der Waals surface area contributed by atoms with Gasteiger partial charge < -0.3 is 0 Å². The van der Waals surface area contributed by atoms with Gasteiger partial charge >= 0.3 is 0 Å². The van der Waals surface area contributed by atoms with Crippen molar-refractivity contribution in [3.8, 4) is 0 Å². The molecule has 4 nitrogen and oxygen atoms in total. The van der Waals surface area contributed by atoms with Crippen LogP contribution in [0, 0.1) is 0 Å². The van der Waals surface area contributed by atoms with Crippen LogP contribution in [0.25, 0.3) is 21.8 Å². The van der Waals surface area contributed by atoms with Crippen LogP contribution in [-0.2, 0) is 0 Å². The number of nitrogens with zero attached hydrogens (tertiary/aromatic N) is 2. The highest BCUT2D eigenvalue weighted by atomic mass is 16.2. The first-order valence-electron chi connectivity index (χ1n) is 8.01. The van der Waals surface area contributed by atoms with Crippen LogP contribution in [0.1, 0.15) is 20.7 Å². The third-order valence-corrected chi connectivity index (χ3v) is 4.58. The van der Waals surface area contributed by atoms with E-state index < -0.39 is 0 Å². The van der Waals surface area contributed by atoms with E-state index in [1.807, 2.05) is 48.5 Å². The summed E-state index contributed by atoms with van der Waals surface area (Å²) in [6.45, 7) is 0. The Morgan fingerprint density at radius 2 is 1.04 bits per heavy atom. The summed E-state index contributed by atoms with van der Waals surface area (Å²) in [6, 6.07) is 22.1. The first kappa shape index (κ1) is 13.9. The van der Waals surface area contributed by atoms with Crippen molar-refractivity contribution in [2.75, 3.05) is 4.90 Å². The topological polar surface area (TPSA) is 50.3 Å². The van der Waals surface area contributed by atoms with Crippen LogP contribution < -0.4 is 4.90 Å². The molecule has 1 aliphatic rings. The van der Waals surface area contributed by atoms with Gasteiger partial charge in [-0.3, -0.25) is 9.59 Å². The molecule has 2 amide bonds. The van der Waals surface area contributed by atoms with Gasteiger partial charge in [-0.05, 0) is 24.3 Å². The van der Waals surface area contributed by atoms with Crippen LogP contribution >= 0.6 is 0 Å². The number of pyridine rings is 1. The van der Waals surface area contributed by atoms with Crippen LogP contribution in [0.4, 0.5) is 5.69 Å². The summed E-state index contributed by atoms with van der Waals surface area (Å²) in [5.41, 5.74) is 3.00. The van der Waals surface area contributed by atoms with Crippen molar-refractivity contribution in [1.82, 2.24) is 4.98 Å². The smallest absolute Gasteiger partial charge is 0.266 e. The SMILES string of the molecule is O=C1c2ccccc2C(=O)N1c1c2ccccc2nc2ccccc12. The normalized spacial score (nSPS) is 13.7. The molecule has 0 aliphatic carbocycles. The average Bonchev–Trinajstić information content (AvgIpc) is 2.91. The molecule has 0 fully saturated rings. The number of aromatic nitrogens is 1. The van der Waals surface area contributed by atoms with Crippen LogP contribution in [-0.4, -0.2) is 16.8 Å². The van der Waals surface area contributed by atoms with Crippen molar-refractivity contribution in [2.45, 2.75) is 0 Å². The number of hydrogen-bond donors (Lipinski definition) is 0.